The molecule has 0 aromatic heterocycles. The van der Waals surface area contributed by atoms with Crippen LogP contribution in [0.2, 0.25) is 5.02 Å². The summed E-state index contributed by atoms with van der Waals surface area (Å²) in [6.07, 6.45) is 0. The van der Waals surface area contributed by atoms with Gasteiger partial charge in [-0.3, -0.25) is 9.69 Å². The van der Waals surface area contributed by atoms with E-state index in [2.05, 4.69) is 5.32 Å². The highest BCUT2D eigenvalue weighted by Crippen LogP contribution is 2.20. The monoisotopic (exact) mass is 332 g/mol. The molecule has 4 nitrogen and oxygen atoms in total. The van der Waals surface area contributed by atoms with Gasteiger partial charge in [0.1, 0.15) is 0 Å². The first-order valence-corrected chi connectivity index (χ1v) is 7.86. The summed E-state index contributed by atoms with van der Waals surface area (Å²) in [5.74, 6) is -0.0925. The standard InChI is InChI=1S/C18H21ClN2O2/c1-23-12-11-21(13-15-7-3-2-4-8-15)14-18(22)20-17-10-6-5-9-16(17)19/h2-10H,11-14H2,1H3,(H,20,22). The van der Waals surface area contributed by atoms with Crippen molar-refractivity contribution in [3.05, 3.63) is 65.2 Å². The molecule has 0 bridgehead atoms. The highest BCUT2D eigenvalue weighted by molar-refractivity contribution is 6.33. The normalized spacial score (nSPS) is 10.7. The lowest BCUT2D eigenvalue weighted by atomic mass is 10.2. The average molecular weight is 333 g/mol. The summed E-state index contributed by atoms with van der Waals surface area (Å²) in [7, 11) is 1.66. The molecule has 2 rings (SSSR count). The molecule has 23 heavy (non-hydrogen) atoms. The number of nitrogens with zero attached hydrogens (tertiary/aromatic N) is 1. The second-order valence-corrected chi connectivity index (χ2v) is 5.62. The summed E-state index contributed by atoms with van der Waals surface area (Å²) in [4.78, 5) is 14.3. The van der Waals surface area contributed by atoms with E-state index in [0.29, 0.717) is 30.4 Å². The van der Waals surface area contributed by atoms with Gasteiger partial charge in [-0.05, 0) is 17.7 Å². The lowest BCUT2D eigenvalue weighted by Crippen LogP contribution is -2.35. The summed E-state index contributed by atoms with van der Waals surface area (Å²) in [5.41, 5.74) is 1.79. The minimum absolute atomic E-state index is 0.0925. The van der Waals surface area contributed by atoms with Crippen LogP contribution in [-0.4, -0.2) is 37.6 Å². The third kappa shape index (κ3) is 6.02. The Kier molecular flexibility index (Phi) is 7.07. The third-order valence-corrected chi connectivity index (χ3v) is 3.71. The largest absolute Gasteiger partial charge is 0.383 e. The number of amides is 1. The van der Waals surface area contributed by atoms with Gasteiger partial charge in [-0.25, -0.2) is 0 Å². The Labute approximate surface area is 142 Å². The Morgan fingerprint density at radius 2 is 1.83 bits per heavy atom. The molecular weight excluding hydrogens is 312 g/mol. The number of rotatable bonds is 8. The SMILES string of the molecule is COCCN(CC(=O)Nc1ccccc1Cl)Cc1ccccc1. The topological polar surface area (TPSA) is 41.6 Å². The first kappa shape index (κ1) is 17.5. The van der Waals surface area contributed by atoms with Gasteiger partial charge in [0.05, 0.1) is 23.9 Å². The van der Waals surface area contributed by atoms with E-state index < -0.39 is 0 Å². The maximum atomic E-state index is 12.3. The molecule has 0 fully saturated rings. The minimum Gasteiger partial charge on any atom is -0.383 e. The number of halogens is 1. The van der Waals surface area contributed by atoms with Crippen LogP contribution < -0.4 is 5.32 Å². The molecule has 1 amide bonds. The van der Waals surface area contributed by atoms with Gasteiger partial charge in [-0.2, -0.15) is 0 Å². The number of benzene rings is 2. The van der Waals surface area contributed by atoms with Crippen molar-refractivity contribution in [2.75, 3.05) is 32.1 Å². The molecule has 0 heterocycles. The molecule has 5 heteroatoms. The molecule has 0 aliphatic heterocycles. The van der Waals surface area contributed by atoms with E-state index in [1.54, 1.807) is 19.2 Å². The van der Waals surface area contributed by atoms with Gasteiger partial charge in [-0.15, -0.1) is 0 Å². The van der Waals surface area contributed by atoms with Gasteiger partial charge in [-0.1, -0.05) is 54.1 Å². The van der Waals surface area contributed by atoms with Crippen LogP contribution in [0.25, 0.3) is 0 Å². The number of hydrogen-bond donors (Lipinski definition) is 1. The summed E-state index contributed by atoms with van der Waals surface area (Å²) in [6, 6.07) is 17.3. The molecule has 0 aliphatic rings. The lowest BCUT2D eigenvalue weighted by Gasteiger charge is -2.21. The molecule has 0 saturated carbocycles. The molecule has 0 atom stereocenters. The fraction of sp³-hybridized carbons (Fsp3) is 0.278. The van der Waals surface area contributed by atoms with Gasteiger partial charge >= 0.3 is 0 Å². The smallest absolute Gasteiger partial charge is 0.238 e. The van der Waals surface area contributed by atoms with E-state index in [4.69, 9.17) is 16.3 Å². The van der Waals surface area contributed by atoms with E-state index >= 15 is 0 Å². The fourth-order valence-corrected chi connectivity index (χ4v) is 2.41. The summed E-state index contributed by atoms with van der Waals surface area (Å²) in [6.45, 7) is 2.23. The van der Waals surface area contributed by atoms with Crippen LogP contribution in [0.5, 0.6) is 0 Å². The summed E-state index contributed by atoms with van der Waals surface area (Å²) >= 11 is 6.07. The Morgan fingerprint density at radius 3 is 2.52 bits per heavy atom. The maximum absolute atomic E-state index is 12.3. The number of para-hydroxylation sites is 1. The summed E-state index contributed by atoms with van der Waals surface area (Å²) < 4.78 is 5.13. The highest BCUT2D eigenvalue weighted by Gasteiger charge is 2.12. The molecule has 0 saturated heterocycles. The molecule has 0 radical (unpaired) electrons. The number of carbonyl (C=O) groups excluding carboxylic acids is 1. The average Bonchev–Trinajstić information content (AvgIpc) is 2.56. The molecular formula is C18H21ClN2O2. The van der Waals surface area contributed by atoms with Crippen LogP contribution >= 0.6 is 11.6 Å². The van der Waals surface area contributed by atoms with Crippen LogP contribution in [0, 0.1) is 0 Å². The van der Waals surface area contributed by atoms with Crippen molar-refractivity contribution in [1.29, 1.82) is 0 Å². The van der Waals surface area contributed by atoms with Crippen LogP contribution in [0.3, 0.4) is 0 Å². The van der Waals surface area contributed by atoms with E-state index in [1.165, 1.54) is 0 Å². The van der Waals surface area contributed by atoms with Crippen molar-refractivity contribution in [1.82, 2.24) is 4.90 Å². The maximum Gasteiger partial charge on any atom is 0.238 e. The molecule has 122 valence electrons. The molecule has 2 aromatic rings. The fourth-order valence-electron chi connectivity index (χ4n) is 2.23. The van der Waals surface area contributed by atoms with Crippen molar-refractivity contribution in [2.24, 2.45) is 0 Å². The number of nitrogens with one attached hydrogen (secondary N) is 1. The Hall–Kier alpha value is -1.88. The van der Waals surface area contributed by atoms with Crippen molar-refractivity contribution in [2.45, 2.75) is 6.54 Å². The van der Waals surface area contributed by atoms with E-state index in [0.717, 1.165) is 5.56 Å². The second-order valence-electron chi connectivity index (χ2n) is 5.22. The predicted molar refractivity (Wildman–Crippen MR) is 93.7 cm³/mol. The number of hydrogen-bond acceptors (Lipinski definition) is 3. The van der Waals surface area contributed by atoms with Crippen molar-refractivity contribution in [3.8, 4) is 0 Å². The van der Waals surface area contributed by atoms with Gasteiger partial charge in [0.2, 0.25) is 5.91 Å². The van der Waals surface area contributed by atoms with Crippen molar-refractivity contribution in [3.63, 3.8) is 0 Å². The number of ether oxygens (including phenoxy) is 1. The first-order valence-electron chi connectivity index (χ1n) is 7.48. The second kappa shape index (κ2) is 9.30. The van der Waals surface area contributed by atoms with Crippen LogP contribution in [0.4, 0.5) is 5.69 Å². The molecule has 1 N–H and O–H groups in total. The van der Waals surface area contributed by atoms with Crippen LogP contribution in [-0.2, 0) is 16.1 Å². The Bertz CT molecular complexity index is 619. The minimum atomic E-state index is -0.0925. The molecule has 0 aliphatic carbocycles. The molecule has 0 unspecified atom stereocenters. The number of methoxy groups -OCH3 is 1. The predicted octanol–water partition coefficient (Wildman–Crippen LogP) is 3.43. The lowest BCUT2D eigenvalue weighted by molar-refractivity contribution is -0.117. The molecule has 2 aromatic carbocycles. The third-order valence-electron chi connectivity index (χ3n) is 3.38. The van der Waals surface area contributed by atoms with Crippen LogP contribution in [0.1, 0.15) is 5.56 Å². The number of carbonyl (C=O) groups is 1. The summed E-state index contributed by atoms with van der Waals surface area (Å²) in [5, 5.41) is 3.38. The Balaban J connectivity index is 1.96. The van der Waals surface area contributed by atoms with E-state index in [-0.39, 0.29) is 12.5 Å². The first-order chi connectivity index (χ1) is 11.2. The van der Waals surface area contributed by atoms with Crippen LogP contribution in [0.15, 0.2) is 54.6 Å². The van der Waals surface area contributed by atoms with Gasteiger partial charge in [0, 0.05) is 20.2 Å². The zero-order valence-corrected chi connectivity index (χ0v) is 13.9. The van der Waals surface area contributed by atoms with Crippen molar-refractivity contribution >= 4 is 23.2 Å². The molecule has 0 spiro atoms. The van der Waals surface area contributed by atoms with Crippen molar-refractivity contribution < 1.29 is 9.53 Å². The van der Waals surface area contributed by atoms with E-state index in [1.807, 2.05) is 47.4 Å². The van der Waals surface area contributed by atoms with Gasteiger partial charge in [0.25, 0.3) is 0 Å². The van der Waals surface area contributed by atoms with Gasteiger partial charge in [0.15, 0.2) is 0 Å². The van der Waals surface area contributed by atoms with E-state index in [9.17, 15) is 4.79 Å². The number of anilines is 1. The zero-order valence-electron chi connectivity index (χ0n) is 13.2. The highest BCUT2D eigenvalue weighted by atomic mass is 35.5. The zero-order chi connectivity index (χ0) is 16.5. The van der Waals surface area contributed by atoms with Gasteiger partial charge < -0.3 is 10.1 Å². The Morgan fingerprint density at radius 1 is 1.13 bits per heavy atom. The quantitative estimate of drug-likeness (QED) is 0.805.